The molecule has 1 amide bonds. The molecule has 4 heteroatoms. The minimum atomic E-state index is -0.121. The van der Waals surface area contributed by atoms with Crippen molar-refractivity contribution in [3.8, 4) is 0 Å². The largest absolute Gasteiger partial charge is 0.466 e. The van der Waals surface area contributed by atoms with E-state index in [-0.39, 0.29) is 11.9 Å². The van der Waals surface area contributed by atoms with Crippen LogP contribution in [0.2, 0.25) is 0 Å². The summed E-state index contributed by atoms with van der Waals surface area (Å²) < 4.78 is 4.82. The van der Waals surface area contributed by atoms with E-state index in [1.54, 1.807) is 0 Å². The Morgan fingerprint density at radius 1 is 1.25 bits per heavy atom. The Labute approximate surface area is 96.7 Å². The van der Waals surface area contributed by atoms with Gasteiger partial charge in [0.2, 0.25) is 5.91 Å². The standard InChI is InChI=1S/C12H21NO3/c1-2-16-11(14)6-4-3-5-9-13-12(15)10-7-8-10/h10H,2-9H2,1H3,(H,13,15). The maximum absolute atomic E-state index is 11.2. The Morgan fingerprint density at radius 3 is 2.62 bits per heavy atom. The Morgan fingerprint density at radius 2 is 2.00 bits per heavy atom. The molecule has 0 unspecified atom stereocenters. The third kappa shape index (κ3) is 5.73. The van der Waals surface area contributed by atoms with E-state index in [0.29, 0.717) is 18.9 Å². The van der Waals surface area contributed by atoms with Gasteiger partial charge in [-0.3, -0.25) is 9.59 Å². The summed E-state index contributed by atoms with van der Waals surface area (Å²) in [6.45, 7) is 3.00. The minimum absolute atomic E-state index is 0.121. The highest BCUT2D eigenvalue weighted by Crippen LogP contribution is 2.28. The number of unbranched alkanes of at least 4 members (excludes halogenated alkanes) is 2. The van der Waals surface area contributed by atoms with E-state index in [1.165, 1.54) is 0 Å². The SMILES string of the molecule is CCOC(=O)CCCCCNC(=O)C1CC1. The van der Waals surface area contributed by atoms with Gasteiger partial charge >= 0.3 is 5.97 Å². The van der Waals surface area contributed by atoms with Gasteiger partial charge in [0.25, 0.3) is 0 Å². The summed E-state index contributed by atoms with van der Waals surface area (Å²) in [6, 6.07) is 0. The zero-order chi connectivity index (χ0) is 11.8. The quantitative estimate of drug-likeness (QED) is 0.506. The van der Waals surface area contributed by atoms with Crippen LogP contribution in [0.4, 0.5) is 0 Å². The number of esters is 1. The number of amides is 1. The molecule has 0 heterocycles. The summed E-state index contributed by atoms with van der Waals surface area (Å²) in [5.74, 6) is 0.370. The number of hydrogen-bond donors (Lipinski definition) is 1. The van der Waals surface area contributed by atoms with Gasteiger partial charge in [0.1, 0.15) is 0 Å². The molecule has 1 aliphatic carbocycles. The summed E-state index contributed by atoms with van der Waals surface area (Å²) in [5, 5.41) is 2.90. The number of ether oxygens (including phenoxy) is 1. The highest BCUT2D eigenvalue weighted by molar-refractivity contribution is 5.80. The van der Waals surface area contributed by atoms with Gasteiger partial charge in [0.05, 0.1) is 6.61 Å². The molecule has 92 valence electrons. The van der Waals surface area contributed by atoms with Gasteiger partial charge in [-0.05, 0) is 32.6 Å². The average Bonchev–Trinajstić information content (AvgIpc) is 3.06. The molecule has 1 fully saturated rings. The van der Waals surface area contributed by atoms with Crippen LogP contribution < -0.4 is 5.32 Å². The van der Waals surface area contributed by atoms with E-state index < -0.39 is 0 Å². The Bertz CT molecular complexity index is 236. The van der Waals surface area contributed by atoms with Crippen LogP contribution in [0.15, 0.2) is 0 Å². The van der Waals surface area contributed by atoms with Crippen molar-refractivity contribution in [2.45, 2.75) is 45.4 Å². The lowest BCUT2D eigenvalue weighted by Crippen LogP contribution is -2.25. The molecule has 1 rings (SSSR count). The number of carbonyl (C=O) groups excluding carboxylic acids is 2. The lowest BCUT2D eigenvalue weighted by atomic mass is 10.2. The monoisotopic (exact) mass is 227 g/mol. The second-order valence-electron chi connectivity index (χ2n) is 4.18. The van der Waals surface area contributed by atoms with E-state index in [0.717, 1.165) is 38.6 Å². The Kier molecular flexibility index (Phi) is 5.90. The van der Waals surface area contributed by atoms with Crippen molar-refractivity contribution in [1.29, 1.82) is 0 Å². The lowest BCUT2D eigenvalue weighted by molar-refractivity contribution is -0.143. The third-order valence-electron chi connectivity index (χ3n) is 2.61. The zero-order valence-corrected chi connectivity index (χ0v) is 9.96. The van der Waals surface area contributed by atoms with Crippen molar-refractivity contribution in [3.63, 3.8) is 0 Å². The van der Waals surface area contributed by atoms with E-state index in [4.69, 9.17) is 4.74 Å². The van der Waals surface area contributed by atoms with Gasteiger partial charge in [-0.15, -0.1) is 0 Å². The normalized spacial score (nSPS) is 14.6. The van der Waals surface area contributed by atoms with Crippen LogP contribution >= 0.6 is 0 Å². The van der Waals surface area contributed by atoms with E-state index in [1.807, 2.05) is 6.92 Å². The average molecular weight is 227 g/mol. The summed E-state index contributed by atoms with van der Waals surface area (Å²) in [5.41, 5.74) is 0. The summed E-state index contributed by atoms with van der Waals surface area (Å²) >= 11 is 0. The number of carbonyl (C=O) groups is 2. The molecule has 0 radical (unpaired) electrons. The van der Waals surface area contributed by atoms with Crippen LogP contribution in [0, 0.1) is 5.92 Å². The fourth-order valence-corrected chi connectivity index (χ4v) is 1.51. The lowest BCUT2D eigenvalue weighted by Gasteiger charge is -2.04. The van der Waals surface area contributed by atoms with Crippen molar-refractivity contribution in [3.05, 3.63) is 0 Å². The fourth-order valence-electron chi connectivity index (χ4n) is 1.51. The van der Waals surface area contributed by atoms with Crippen molar-refractivity contribution < 1.29 is 14.3 Å². The third-order valence-corrected chi connectivity index (χ3v) is 2.61. The predicted molar refractivity (Wildman–Crippen MR) is 60.8 cm³/mol. The smallest absolute Gasteiger partial charge is 0.305 e. The maximum atomic E-state index is 11.2. The first-order valence-electron chi connectivity index (χ1n) is 6.17. The van der Waals surface area contributed by atoms with Crippen LogP contribution in [0.25, 0.3) is 0 Å². The Balaban J connectivity index is 1.84. The van der Waals surface area contributed by atoms with Gasteiger partial charge in [-0.25, -0.2) is 0 Å². The van der Waals surface area contributed by atoms with Gasteiger partial charge in [0, 0.05) is 18.9 Å². The van der Waals surface area contributed by atoms with Crippen molar-refractivity contribution in [2.75, 3.05) is 13.2 Å². The zero-order valence-electron chi connectivity index (χ0n) is 9.96. The highest BCUT2D eigenvalue weighted by atomic mass is 16.5. The molecule has 0 aromatic heterocycles. The van der Waals surface area contributed by atoms with Crippen LogP contribution in [0.5, 0.6) is 0 Å². The molecular weight excluding hydrogens is 206 g/mol. The first kappa shape index (κ1) is 13.0. The molecule has 0 aliphatic heterocycles. The summed E-state index contributed by atoms with van der Waals surface area (Å²) in [4.78, 5) is 22.2. The first-order valence-corrected chi connectivity index (χ1v) is 6.17. The molecule has 0 saturated heterocycles. The Hall–Kier alpha value is -1.06. The van der Waals surface area contributed by atoms with Crippen molar-refractivity contribution in [2.24, 2.45) is 5.92 Å². The molecule has 1 saturated carbocycles. The van der Waals surface area contributed by atoms with Crippen LogP contribution in [0.3, 0.4) is 0 Å². The molecule has 4 nitrogen and oxygen atoms in total. The van der Waals surface area contributed by atoms with Gasteiger partial charge in [0.15, 0.2) is 0 Å². The second kappa shape index (κ2) is 7.25. The highest BCUT2D eigenvalue weighted by Gasteiger charge is 2.28. The summed E-state index contributed by atoms with van der Waals surface area (Å²) in [7, 11) is 0. The van der Waals surface area contributed by atoms with Gasteiger partial charge in [-0.2, -0.15) is 0 Å². The maximum Gasteiger partial charge on any atom is 0.305 e. The second-order valence-corrected chi connectivity index (χ2v) is 4.18. The molecule has 1 N–H and O–H groups in total. The fraction of sp³-hybridized carbons (Fsp3) is 0.833. The van der Waals surface area contributed by atoms with E-state index >= 15 is 0 Å². The van der Waals surface area contributed by atoms with E-state index in [9.17, 15) is 9.59 Å². The molecule has 0 atom stereocenters. The topological polar surface area (TPSA) is 55.4 Å². The van der Waals surface area contributed by atoms with Crippen LogP contribution in [0.1, 0.15) is 45.4 Å². The molecule has 16 heavy (non-hydrogen) atoms. The molecule has 0 spiro atoms. The van der Waals surface area contributed by atoms with Crippen molar-refractivity contribution >= 4 is 11.9 Å². The van der Waals surface area contributed by atoms with Crippen molar-refractivity contribution in [1.82, 2.24) is 5.32 Å². The van der Waals surface area contributed by atoms with Crippen LogP contribution in [-0.2, 0) is 14.3 Å². The minimum Gasteiger partial charge on any atom is -0.466 e. The predicted octanol–water partition coefficient (Wildman–Crippen LogP) is 1.64. The summed E-state index contributed by atoms with van der Waals surface area (Å²) in [6.07, 6.45) is 5.34. The molecular formula is C12H21NO3. The number of rotatable bonds is 8. The molecule has 0 aromatic carbocycles. The molecule has 0 aromatic rings. The van der Waals surface area contributed by atoms with E-state index in [2.05, 4.69) is 5.32 Å². The number of hydrogen-bond acceptors (Lipinski definition) is 3. The molecule has 0 bridgehead atoms. The molecule has 1 aliphatic rings. The van der Waals surface area contributed by atoms with Crippen LogP contribution in [-0.4, -0.2) is 25.0 Å². The van der Waals surface area contributed by atoms with Gasteiger partial charge in [-0.1, -0.05) is 6.42 Å². The first-order chi connectivity index (χ1) is 7.74. The number of nitrogens with one attached hydrogen (secondary N) is 1. The van der Waals surface area contributed by atoms with Gasteiger partial charge < -0.3 is 10.1 Å².